The molecule has 26 heavy (non-hydrogen) atoms. The molecule has 0 aliphatic carbocycles. The largest absolute Gasteiger partial charge is 0.359 e. The van der Waals surface area contributed by atoms with E-state index < -0.39 is 0 Å². The molecule has 2 N–H and O–H groups in total. The zero-order chi connectivity index (χ0) is 19.3. The quantitative estimate of drug-likeness (QED) is 0.794. The average Bonchev–Trinajstić information content (AvgIpc) is 2.91. The summed E-state index contributed by atoms with van der Waals surface area (Å²) >= 11 is 0. The van der Waals surface area contributed by atoms with Crippen molar-refractivity contribution in [3.63, 3.8) is 0 Å². The van der Waals surface area contributed by atoms with Crippen LogP contribution in [0.15, 0.2) is 30.5 Å². The molecule has 1 aromatic carbocycles. The maximum Gasteiger partial charge on any atom is 0.255 e. The van der Waals surface area contributed by atoms with E-state index in [1.807, 2.05) is 46.1 Å². The number of carbonyl (C=O) groups is 2. The van der Waals surface area contributed by atoms with Crippen molar-refractivity contribution in [2.24, 2.45) is 7.05 Å². The fourth-order valence-corrected chi connectivity index (χ4v) is 2.70. The summed E-state index contributed by atoms with van der Waals surface area (Å²) in [5.41, 5.74) is 3.10. The van der Waals surface area contributed by atoms with Crippen molar-refractivity contribution in [2.45, 2.75) is 32.9 Å². The first-order valence-corrected chi connectivity index (χ1v) is 8.61. The molecule has 0 saturated heterocycles. The number of aryl methyl sites for hydroxylation is 2. The van der Waals surface area contributed by atoms with Crippen LogP contribution in [0.25, 0.3) is 0 Å². The predicted octanol–water partition coefficient (Wildman–Crippen LogP) is 1.94. The summed E-state index contributed by atoms with van der Waals surface area (Å²) in [5, 5.41) is 9.77. The van der Waals surface area contributed by atoms with Gasteiger partial charge in [0, 0.05) is 44.9 Å². The first-order valence-electron chi connectivity index (χ1n) is 8.61. The first-order chi connectivity index (χ1) is 12.3. The lowest BCUT2D eigenvalue weighted by Gasteiger charge is -2.24. The molecule has 1 aromatic heterocycles. The van der Waals surface area contributed by atoms with E-state index in [2.05, 4.69) is 20.6 Å². The number of rotatable bonds is 7. The summed E-state index contributed by atoms with van der Waals surface area (Å²) in [6.07, 6.45) is 2.22. The number of carbonyl (C=O) groups excluding carboxylic acids is 2. The molecule has 7 heteroatoms. The van der Waals surface area contributed by atoms with Gasteiger partial charge >= 0.3 is 0 Å². The highest BCUT2D eigenvalue weighted by Gasteiger charge is 2.15. The van der Waals surface area contributed by atoms with Crippen LogP contribution in [0.3, 0.4) is 0 Å². The van der Waals surface area contributed by atoms with Gasteiger partial charge in [-0.2, -0.15) is 5.10 Å². The highest BCUT2D eigenvalue weighted by atomic mass is 16.2. The molecule has 7 nitrogen and oxygen atoms in total. The Morgan fingerprint density at radius 3 is 2.69 bits per heavy atom. The van der Waals surface area contributed by atoms with E-state index in [1.165, 1.54) is 0 Å². The Morgan fingerprint density at radius 2 is 2.08 bits per heavy atom. The highest BCUT2D eigenvalue weighted by Crippen LogP contribution is 2.15. The van der Waals surface area contributed by atoms with Gasteiger partial charge in [0.1, 0.15) is 0 Å². The molecule has 0 unspecified atom stereocenters. The normalized spacial score (nSPS) is 12.1. The Labute approximate surface area is 154 Å². The second-order valence-corrected chi connectivity index (χ2v) is 6.60. The minimum atomic E-state index is -0.163. The Kier molecular flexibility index (Phi) is 6.52. The molecule has 140 valence electrons. The third-order valence-corrected chi connectivity index (χ3v) is 4.39. The van der Waals surface area contributed by atoms with Crippen molar-refractivity contribution in [1.82, 2.24) is 20.0 Å². The van der Waals surface area contributed by atoms with E-state index in [4.69, 9.17) is 0 Å². The van der Waals surface area contributed by atoms with Crippen molar-refractivity contribution in [1.29, 1.82) is 0 Å². The third-order valence-electron chi connectivity index (χ3n) is 4.39. The van der Waals surface area contributed by atoms with Gasteiger partial charge in [-0.15, -0.1) is 0 Å². The highest BCUT2D eigenvalue weighted by molar-refractivity contribution is 6.04. The molecule has 0 spiro atoms. The number of benzene rings is 1. The van der Waals surface area contributed by atoms with Gasteiger partial charge in [0.05, 0.1) is 11.4 Å². The second kappa shape index (κ2) is 8.62. The van der Waals surface area contributed by atoms with E-state index in [0.29, 0.717) is 24.2 Å². The van der Waals surface area contributed by atoms with Crippen LogP contribution < -0.4 is 10.6 Å². The predicted molar refractivity (Wildman–Crippen MR) is 102 cm³/mol. The number of anilines is 1. The molecule has 0 fully saturated rings. The van der Waals surface area contributed by atoms with E-state index >= 15 is 0 Å². The molecular weight excluding hydrogens is 330 g/mol. The molecule has 2 rings (SSSR count). The molecule has 0 bridgehead atoms. The summed E-state index contributed by atoms with van der Waals surface area (Å²) in [7, 11) is 5.43. The number of aromatic nitrogens is 2. The van der Waals surface area contributed by atoms with Crippen LogP contribution in [0.2, 0.25) is 0 Å². The fraction of sp³-hybridized carbons (Fsp3) is 0.421. The maximum absolute atomic E-state index is 12.5. The first kappa shape index (κ1) is 19.7. The summed E-state index contributed by atoms with van der Waals surface area (Å²) in [5.74, 6) is -0.145. The van der Waals surface area contributed by atoms with Crippen molar-refractivity contribution in [2.75, 3.05) is 19.4 Å². The average molecular weight is 357 g/mol. The Bertz CT molecular complexity index is 784. The smallest absolute Gasteiger partial charge is 0.255 e. The lowest BCUT2D eigenvalue weighted by molar-refractivity contribution is -0.121. The van der Waals surface area contributed by atoms with Crippen LogP contribution in [-0.4, -0.2) is 46.6 Å². The number of nitrogens with one attached hydrogen (secondary N) is 2. The summed E-state index contributed by atoms with van der Waals surface area (Å²) < 4.78 is 1.67. The summed E-state index contributed by atoms with van der Waals surface area (Å²) in [6, 6.07) is 7.63. The molecule has 2 aromatic rings. The second-order valence-electron chi connectivity index (χ2n) is 6.60. The van der Waals surface area contributed by atoms with Crippen LogP contribution in [0.5, 0.6) is 0 Å². The molecule has 0 aliphatic heterocycles. The van der Waals surface area contributed by atoms with Crippen molar-refractivity contribution >= 4 is 17.5 Å². The fourth-order valence-electron chi connectivity index (χ4n) is 2.70. The molecule has 1 atom stereocenters. The molecule has 2 amide bonds. The van der Waals surface area contributed by atoms with Gasteiger partial charge in [-0.05, 0) is 38.6 Å². The van der Waals surface area contributed by atoms with Crippen LogP contribution in [-0.2, 0) is 18.4 Å². The Hall–Kier alpha value is -2.67. The Balaban J connectivity index is 2.03. The van der Waals surface area contributed by atoms with E-state index in [9.17, 15) is 9.59 Å². The van der Waals surface area contributed by atoms with Gasteiger partial charge in [0.2, 0.25) is 5.91 Å². The minimum absolute atomic E-state index is 0.0179. The zero-order valence-corrected chi connectivity index (χ0v) is 16.0. The third kappa shape index (κ3) is 5.16. The number of amides is 2. The summed E-state index contributed by atoms with van der Waals surface area (Å²) in [6.45, 7) is 4.52. The molecule has 0 saturated carbocycles. The number of nitrogens with zero attached hydrogens (tertiary/aromatic N) is 3. The molecule has 1 heterocycles. The van der Waals surface area contributed by atoms with Gasteiger partial charge in [0.15, 0.2) is 0 Å². The monoisotopic (exact) mass is 357 g/mol. The van der Waals surface area contributed by atoms with Crippen LogP contribution in [0.4, 0.5) is 5.69 Å². The van der Waals surface area contributed by atoms with Gasteiger partial charge in [-0.3, -0.25) is 19.2 Å². The van der Waals surface area contributed by atoms with Crippen molar-refractivity contribution in [3.8, 4) is 0 Å². The van der Waals surface area contributed by atoms with Gasteiger partial charge in [-0.25, -0.2) is 0 Å². The van der Waals surface area contributed by atoms with E-state index in [-0.39, 0.29) is 17.9 Å². The van der Waals surface area contributed by atoms with E-state index in [1.54, 1.807) is 24.0 Å². The lowest BCUT2D eigenvalue weighted by atomic mass is 10.1. The molecular formula is C19H27N5O2. The zero-order valence-electron chi connectivity index (χ0n) is 16.0. The minimum Gasteiger partial charge on any atom is -0.359 e. The number of hydrogen-bond donors (Lipinski definition) is 2. The van der Waals surface area contributed by atoms with Crippen LogP contribution in [0, 0.1) is 6.92 Å². The Morgan fingerprint density at radius 1 is 1.35 bits per heavy atom. The number of hydrogen-bond acceptors (Lipinski definition) is 4. The van der Waals surface area contributed by atoms with Crippen LogP contribution in [0.1, 0.15) is 35.0 Å². The van der Waals surface area contributed by atoms with E-state index in [0.717, 1.165) is 11.3 Å². The summed E-state index contributed by atoms with van der Waals surface area (Å²) in [4.78, 5) is 26.1. The topological polar surface area (TPSA) is 79.3 Å². The van der Waals surface area contributed by atoms with Crippen LogP contribution >= 0.6 is 0 Å². The van der Waals surface area contributed by atoms with Crippen molar-refractivity contribution < 1.29 is 9.59 Å². The lowest BCUT2D eigenvalue weighted by Crippen LogP contribution is -2.33. The molecule has 0 radical (unpaired) electrons. The maximum atomic E-state index is 12.5. The SMILES string of the molecule is CNC(=O)C[C@@H](C)N(C)Cc1cccc(C(=O)Nc2cn(C)nc2C)c1. The molecule has 0 aliphatic rings. The standard InChI is InChI=1S/C19H27N5O2/c1-13(9-18(25)20-3)23(4)11-15-7-6-8-16(10-15)19(26)21-17-12-24(5)22-14(17)2/h6-8,10,12-13H,9,11H2,1-5H3,(H,20,25)(H,21,26)/t13-/m1/s1. The van der Waals surface area contributed by atoms with Gasteiger partial charge in [-0.1, -0.05) is 12.1 Å². The van der Waals surface area contributed by atoms with Gasteiger partial charge in [0.25, 0.3) is 5.91 Å². The van der Waals surface area contributed by atoms with Crippen molar-refractivity contribution in [3.05, 3.63) is 47.3 Å². The van der Waals surface area contributed by atoms with Gasteiger partial charge < -0.3 is 10.6 Å².